The van der Waals surface area contributed by atoms with E-state index < -0.39 is 0 Å². The van der Waals surface area contributed by atoms with Crippen molar-refractivity contribution in [1.82, 2.24) is 34.4 Å². The molecule has 1 fully saturated rings. The van der Waals surface area contributed by atoms with Crippen molar-refractivity contribution in [1.29, 1.82) is 0 Å². The summed E-state index contributed by atoms with van der Waals surface area (Å²) in [5.74, 6) is 2.54. The van der Waals surface area contributed by atoms with Crippen LogP contribution >= 0.6 is 9.39 Å². The van der Waals surface area contributed by atoms with Crippen molar-refractivity contribution in [3.63, 3.8) is 0 Å². The summed E-state index contributed by atoms with van der Waals surface area (Å²) in [6.45, 7) is 24.7. The average Bonchev–Trinajstić information content (AvgIpc) is 3.64. The van der Waals surface area contributed by atoms with E-state index in [1.54, 1.807) is 23.1 Å². The first-order chi connectivity index (χ1) is 19.0. The first-order valence-corrected chi connectivity index (χ1v) is 14.8. The van der Waals surface area contributed by atoms with Gasteiger partial charge < -0.3 is 15.5 Å². The number of hydrogen-bond acceptors (Lipinski definition) is 7. The van der Waals surface area contributed by atoms with E-state index in [4.69, 9.17) is 5.10 Å². The Bertz CT molecular complexity index is 1160. The molecule has 0 bridgehead atoms. The van der Waals surface area contributed by atoms with Crippen LogP contribution in [0, 0.1) is 0 Å². The van der Waals surface area contributed by atoms with Gasteiger partial charge in [0.05, 0.1) is 11.2 Å². The van der Waals surface area contributed by atoms with Crippen LogP contribution < -0.4 is 15.5 Å². The molecule has 0 saturated heterocycles. The zero-order valence-electron chi connectivity index (χ0n) is 26.6. The minimum Gasteiger partial charge on any atom is -0.373 e. The molecular formula is C30H54N9P. The Morgan fingerprint density at radius 1 is 1.18 bits per heavy atom. The van der Waals surface area contributed by atoms with Crippen LogP contribution in [0.15, 0.2) is 44.0 Å². The molecule has 0 amide bonds. The van der Waals surface area contributed by atoms with Gasteiger partial charge in [0.1, 0.15) is 18.5 Å². The van der Waals surface area contributed by atoms with Gasteiger partial charge in [0.15, 0.2) is 17.0 Å². The Kier molecular flexibility index (Phi) is 15.1. The molecule has 1 saturated carbocycles. The van der Waals surface area contributed by atoms with Crippen LogP contribution in [0.25, 0.3) is 11.2 Å². The van der Waals surface area contributed by atoms with E-state index >= 15 is 0 Å². The summed E-state index contributed by atoms with van der Waals surface area (Å²) in [5, 5.41) is 11.8. The Hall–Kier alpha value is -2.77. The van der Waals surface area contributed by atoms with Gasteiger partial charge in [-0.25, -0.2) is 19.6 Å². The Morgan fingerprint density at radius 2 is 1.82 bits per heavy atom. The topological polar surface area (TPSA) is 88.7 Å². The van der Waals surface area contributed by atoms with E-state index in [1.165, 1.54) is 25.0 Å². The zero-order valence-corrected chi connectivity index (χ0v) is 27.7. The van der Waals surface area contributed by atoms with Crippen molar-refractivity contribution >= 4 is 32.2 Å². The predicted molar refractivity (Wildman–Crippen MR) is 177 cm³/mol. The van der Waals surface area contributed by atoms with Crippen molar-refractivity contribution in [2.75, 3.05) is 30.9 Å². The van der Waals surface area contributed by atoms with E-state index in [1.807, 2.05) is 45.8 Å². The van der Waals surface area contributed by atoms with Gasteiger partial charge in [-0.15, -0.1) is 13.2 Å². The first kappa shape index (κ1) is 35.3. The molecule has 3 aromatic rings. The monoisotopic (exact) mass is 571 g/mol. The van der Waals surface area contributed by atoms with Crippen LogP contribution in [0.2, 0.25) is 0 Å². The van der Waals surface area contributed by atoms with Gasteiger partial charge >= 0.3 is 0 Å². The lowest BCUT2D eigenvalue weighted by atomic mass is 10.0. The van der Waals surface area contributed by atoms with Crippen LogP contribution in [-0.4, -0.2) is 61.8 Å². The highest BCUT2D eigenvalue weighted by Crippen LogP contribution is 2.36. The predicted octanol–water partition coefficient (Wildman–Crippen LogP) is 6.62. The molecule has 10 heteroatoms. The maximum Gasteiger partial charge on any atom is 0.168 e. The van der Waals surface area contributed by atoms with Gasteiger partial charge in [0.2, 0.25) is 0 Å². The third kappa shape index (κ3) is 10.0. The second-order valence-electron chi connectivity index (χ2n) is 10.9. The second kappa shape index (κ2) is 17.1. The minimum absolute atomic E-state index is 0.0186. The molecule has 3 aromatic heterocycles. The van der Waals surface area contributed by atoms with Crippen molar-refractivity contribution < 1.29 is 0 Å². The summed E-state index contributed by atoms with van der Waals surface area (Å²) in [5.41, 5.74) is 2.88. The number of nitrogens with one attached hydrogen (secondary N) is 2. The van der Waals surface area contributed by atoms with E-state index in [0.717, 1.165) is 29.3 Å². The quantitative estimate of drug-likeness (QED) is 0.243. The van der Waals surface area contributed by atoms with E-state index in [-0.39, 0.29) is 5.54 Å². The van der Waals surface area contributed by atoms with Crippen molar-refractivity contribution in [2.24, 2.45) is 0 Å². The molecule has 0 radical (unpaired) electrons. The lowest BCUT2D eigenvalue weighted by Gasteiger charge is -2.22. The Balaban J connectivity index is 0.000000354. The fraction of sp³-hybridized carbons (Fsp3) is 0.600. The fourth-order valence-corrected chi connectivity index (χ4v) is 4.82. The molecule has 4 rings (SSSR count). The largest absolute Gasteiger partial charge is 0.373 e. The lowest BCUT2D eigenvalue weighted by molar-refractivity contribution is 0.356. The van der Waals surface area contributed by atoms with Crippen LogP contribution in [0.5, 0.6) is 0 Å². The summed E-state index contributed by atoms with van der Waals surface area (Å²) in [6.07, 6.45) is 10.5. The van der Waals surface area contributed by atoms with E-state index in [9.17, 15) is 0 Å². The van der Waals surface area contributed by atoms with Gasteiger partial charge in [0.25, 0.3) is 0 Å². The number of imidazole rings is 1. The number of likely N-dealkylation sites (N-methyl/N-ethyl adjacent to an activating group) is 1. The molecule has 3 heterocycles. The SMILES string of the molecule is C=CC.C=CCN(C)c1ncnc2c1ncn2P.CC.CNc1cc(C2CCC(NC(C)C)C2)nn1C(C)(C)C. The molecule has 0 aliphatic heterocycles. The second-order valence-corrected chi connectivity index (χ2v) is 11.5. The summed E-state index contributed by atoms with van der Waals surface area (Å²) < 4.78 is 3.91. The fourth-order valence-electron chi connectivity index (χ4n) is 4.56. The van der Waals surface area contributed by atoms with Crippen LogP contribution in [0.1, 0.15) is 86.3 Å². The number of nitrogens with zero attached hydrogens (tertiary/aromatic N) is 7. The Morgan fingerprint density at radius 3 is 2.35 bits per heavy atom. The van der Waals surface area contributed by atoms with Crippen molar-refractivity contribution in [2.45, 2.75) is 98.2 Å². The molecule has 9 nitrogen and oxygen atoms in total. The molecule has 1 aliphatic carbocycles. The zero-order chi connectivity index (χ0) is 30.5. The summed E-state index contributed by atoms with van der Waals surface area (Å²) >= 11 is 0. The number of fused-ring (bicyclic) bond motifs is 1. The summed E-state index contributed by atoms with van der Waals surface area (Å²) in [7, 11) is 6.46. The van der Waals surface area contributed by atoms with Gasteiger partial charge in [-0.1, -0.05) is 39.8 Å². The van der Waals surface area contributed by atoms with Crippen LogP contribution in [0.4, 0.5) is 11.6 Å². The van der Waals surface area contributed by atoms with Gasteiger partial charge in [0, 0.05) is 44.7 Å². The third-order valence-corrected chi connectivity index (χ3v) is 6.52. The smallest absolute Gasteiger partial charge is 0.168 e. The summed E-state index contributed by atoms with van der Waals surface area (Å²) in [4.78, 5) is 14.6. The molecule has 3 atom stereocenters. The van der Waals surface area contributed by atoms with Crippen LogP contribution in [-0.2, 0) is 5.54 Å². The maximum absolute atomic E-state index is 4.87. The van der Waals surface area contributed by atoms with Crippen molar-refractivity contribution in [3.8, 4) is 0 Å². The Labute approximate surface area is 245 Å². The molecule has 40 heavy (non-hydrogen) atoms. The molecule has 0 spiro atoms. The van der Waals surface area contributed by atoms with Gasteiger partial charge in [-0.05, 0) is 56.3 Å². The van der Waals surface area contributed by atoms with Gasteiger partial charge in [-0.3, -0.25) is 4.34 Å². The third-order valence-electron chi connectivity index (χ3n) is 6.14. The number of hydrogen-bond donors (Lipinski definition) is 2. The molecule has 2 N–H and O–H groups in total. The highest BCUT2D eigenvalue weighted by molar-refractivity contribution is 7.14. The summed E-state index contributed by atoms with van der Waals surface area (Å²) in [6, 6.07) is 3.45. The minimum atomic E-state index is 0.0186. The molecular weight excluding hydrogens is 517 g/mol. The van der Waals surface area contributed by atoms with E-state index in [0.29, 0.717) is 18.0 Å². The number of aromatic nitrogens is 6. The normalized spacial score (nSPS) is 16.2. The van der Waals surface area contributed by atoms with Gasteiger partial charge in [-0.2, -0.15) is 5.10 Å². The molecule has 224 valence electrons. The maximum atomic E-state index is 4.87. The number of anilines is 2. The van der Waals surface area contributed by atoms with Crippen LogP contribution in [0.3, 0.4) is 0 Å². The number of allylic oxidation sites excluding steroid dienone is 1. The highest BCUT2D eigenvalue weighted by Gasteiger charge is 2.29. The molecule has 0 aromatic carbocycles. The average molecular weight is 572 g/mol. The molecule has 1 aliphatic rings. The highest BCUT2D eigenvalue weighted by atomic mass is 31.0. The van der Waals surface area contributed by atoms with E-state index in [2.05, 4.69) is 93.5 Å². The van der Waals surface area contributed by atoms with Crippen molar-refractivity contribution in [3.05, 3.63) is 49.7 Å². The standard InChI is InChI=1S/C16H30N4.C9H12N5P.C3H6.C2H6/c1-11(2)18-13-8-7-12(9-13)14-10-15(17-6)20(19-14)16(3,4)5;1-3-4-13(2)8-7-9(11-5-10-8)14(15)6-12-7;1-3-2;1-2/h10-13,17-18H,7-9H2,1-6H3;3,5-6H,1,4,15H2,2H3;3H,1H2,2H3;1-2H3. The lowest BCUT2D eigenvalue weighted by Crippen LogP contribution is -2.32. The number of rotatable bonds is 7. The molecule has 3 unspecified atom stereocenters. The first-order valence-electron chi connectivity index (χ1n) is 14.3.